The van der Waals surface area contributed by atoms with Crippen LogP contribution in [0.15, 0.2) is 28.7 Å². The van der Waals surface area contributed by atoms with Crippen LogP contribution in [0.4, 0.5) is 0 Å². The molecule has 0 spiro atoms. The Morgan fingerprint density at radius 2 is 2.21 bits per heavy atom. The molecule has 3 rings (SSSR count). The molecule has 19 heavy (non-hydrogen) atoms. The van der Waals surface area contributed by atoms with Gasteiger partial charge in [0.2, 0.25) is 5.78 Å². The largest absolute Gasteiger partial charge is 0.453 e. The average molecular weight is 279 g/mol. The second-order valence-electron chi connectivity index (χ2n) is 5.10. The van der Waals surface area contributed by atoms with Crippen LogP contribution in [0, 0.1) is 11.8 Å². The van der Waals surface area contributed by atoms with E-state index in [4.69, 9.17) is 20.8 Å². The number of ether oxygens (including phenoxy) is 1. The number of hydrogen-bond acceptors (Lipinski definition) is 3. The number of fused-ring (bicyclic) bond motifs is 1. The van der Waals surface area contributed by atoms with Gasteiger partial charge >= 0.3 is 0 Å². The summed E-state index contributed by atoms with van der Waals surface area (Å²) in [6.45, 7) is 3.33. The molecule has 1 aromatic heterocycles. The number of carbonyl (C=O) groups excluding carboxylic acids is 1. The summed E-state index contributed by atoms with van der Waals surface area (Å²) in [5.41, 5.74) is 0.701. The van der Waals surface area contributed by atoms with Crippen LogP contribution in [0.2, 0.25) is 5.02 Å². The maximum absolute atomic E-state index is 12.5. The van der Waals surface area contributed by atoms with Gasteiger partial charge in [-0.15, -0.1) is 0 Å². The van der Waals surface area contributed by atoms with Gasteiger partial charge in [-0.3, -0.25) is 4.79 Å². The average Bonchev–Trinajstić information content (AvgIpc) is 2.81. The SMILES string of the molecule is CC1COCCC1C(=O)c1cc2cc(Cl)ccc2o1. The molecule has 1 aromatic carbocycles. The van der Waals surface area contributed by atoms with Gasteiger partial charge in [-0.2, -0.15) is 0 Å². The summed E-state index contributed by atoms with van der Waals surface area (Å²) in [6, 6.07) is 7.15. The quantitative estimate of drug-likeness (QED) is 0.781. The van der Waals surface area contributed by atoms with E-state index in [1.165, 1.54) is 0 Å². The number of carbonyl (C=O) groups is 1. The summed E-state index contributed by atoms with van der Waals surface area (Å²) in [7, 11) is 0. The molecule has 4 heteroatoms. The van der Waals surface area contributed by atoms with Crippen molar-refractivity contribution < 1.29 is 13.9 Å². The van der Waals surface area contributed by atoms with E-state index in [2.05, 4.69) is 0 Å². The third-order valence-corrected chi connectivity index (χ3v) is 3.93. The Labute approximate surface area is 116 Å². The lowest BCUT2D eigenvalue weighted by Gasteiger charge is -2.26. The van der Waals surface area contributed by atoms with Crippen molar-refractivity contribution in [3.63, 3.8) is 0 Å². The third-order valence-electron chi connectivity index (χ3n) is 3.70. The Kier molecular flexibility index (Phi) is 3.33. The first-order valence-electron chi connectivity index (χ1n) is 6.46. The van der Waals surface area contributed by atoms with Crippen LogP contribution in [0.3, 0.4) is 0 Å². The van der Waals surface area contributed by atoms with Gasteiger partial charge in [-0.1, -0.05) is 18.5 Å². The standard InChI is InChI=1S/C15H15ClO3/c1-9-8-18-5-4-12(9)15(17)14-7-10-6-11(16)2-3-13(10)19-14/h2-3,6-7,9,12H,4-5,8H2,1H3. The van der Waals surface area contributed by atoms with Crippen molar-refractivity contribution in [3.05, 3.63) is 35.0 Å². The molecule has 0 amide bonds. The zero-order valence-corrected chi connectivity index (χ0v) is 11.4. The summed E-state index contributed by atoms with van der Waals surface area (Å²) in [5.74, 6) is 0.724. The number of ketones is 1. The molecule has 1 aliphatic rings. The van der Waals surface area contributed by atoms with Crippen LogP contribution in [0.1, 0.15) is 23.9 Å². The van der Waals surface area contributed by atoms with Gasteiger partial charge in [-0.05, 0) is 36.6 Å². The molecular weight excluding hydrogens is 264 g/mol. The van der Waals surface area contributed by atoms with Crippen LogP contribution < -0.4 is 0 Å². The van der Waals surface area contributed by atoms with E-state index in [1.54, 1.807) is 18.2 Å². The second-order valence-corrected chi connectivity index (χ2v) is 5.54. The van der Waals surface area contributed by atoms with E-state index < -0.39 is 0 Å². The zero-order chi connectivity index (χ0) is 13.4. The van der Waals surface area contributed by atoms with E-state index in [9.17, 15) is 4.79 Å². The van der Waals surface area contributed by atoms with Crippen LogP contribution in [-0.2, 0) is 4.74 Å². The van der Waals surface area contributed by atoms with Crippen LogP contribution in [-0.4, -0.2) is 19.0 Å². The molecule has 100 valence electrons. The van der Waals surface area contributed by atoms with Crippen molar-refractivity contribution >= 4 is 28.4 Å². The molecule has 0 saturated carbocycles. The van der Waals surface area contributed by atoms with Gasteiger partial charge in [0.15, 0.2) is 5.76 Å². The zero-order valence-electron chi connectivity index (χ0n) is 10.7. The lowest BCUT2D eigenvalue weighted by molar-refractivity contribution is 0.0230. The summed E-state index contributed by atoms with van der Waals surface area (Å²) in [6.07, 6.45) is 0.762. The predicted molar refractivity (Wildman–Crippen MR) is 73.6 cm³/mol. The van der Waals surface area contributed by atoms with Crippen molar-refractivity contribution in [1.82, 2.24) is 0 Å². The fourth-order valence-electron chi connectivity index (χ4n) is 2.59. The van der Waals surface area contributed by atoms with E-state index in [0.717, 1.165) is 11.8 Å². The molecule has 0 N–H and O–H groups in total. The van der Waals surface area contributed by atoms with Crippen LogP contribution in [0.25, 0.3) is 11.0 Å². The topological polar surface area (TPSA) is 39.4 Å². The Balaban J connectivity index is 1.92. The molecule has 2 aromatic rings. The highest BCUT2D eigenvalue weighted by molar-refractivity contribution is 6.31. The van der Waals surface area contributed by atoms with Gasteiger partial charge in [0.25, 0.3) is 0 Å². The first-order chi connectivity index (χ1) is 9.15. The highest BCUT2D eigenvalue weighted by atomic mass is 35.5. The van der Waals surface area contributed by atoms with Gasteiger partial charge in [-0.25, -0.2) is 0 Å². The lowest BCUT2D eigenvalue weighted by atomic mass is 9.85. The normalized spacial score (nSPS) is 23.7. The Bertz CT molecular complexity index is 617. The molecule has 1 saturated heterocycles. The smallest absolute Gasteiger partial charge is 0.201 e. The lowest BCUT2D eigenvalue weighted by Crippen LogP contribution is -2.31. The Hall–Kier alpha value is -1.32. The predicted octanol–water partition coefficient (Wildman–Crippen LogP) is 3.94. The Morgan fingerprint density at radius 1 is 1.37 bits per heavy atom. The van der Waals surface area contributed by atoms with Crippen molar-refractivity contribution in [2.75, 3.05) is 13.2 Å². The first kappa shape index (κ1) is 12.7. The number of rotatable bonds is 2. The molecule has 1 aliphatic heterocycles. The highest BCUT2D eigenvalue weighted by Crippen LogP contribution is 2.29. The summed E-state index contributed by atoms with van der Waals surface area (Å²) < 4.78 is 11.0. The molecule has 0 bridgehead atoms. The minimum absolute atomic E-state index is 0.00946. The molecule has 2 heterocycles. The van der Waals surface area contributed by atoms with E-state index >= 15 is 0 Å². The van der Waals surface area contributed by atoms with Gasteiger partial charge < -0.3 is 9.15 Å². The van der Waals surface area contributed by atoms with E-state index in [0.29, 0.717) is 29.6 Å². The molecular formula is C15H15ClO3. The summed E-state index contributed by atoms with van der Waals surface area (Å²) in [5, 5.41) is 1.52. The Morgan fingerprint density at radius 3 is 3.00 bits per heavy atom. The number of halogens is 1. The van der Waals surface area contributed by atoms with Crippen LogP contribution in [0.5, 0.6) is 0 Å². The third kappa shape index (κ3) is 2.40. The molecule has 0 radical (unpaired) electrons. The summed E-state index contributed by atoms with van der Waals surface area (Å²) in [4.78, 5) is 12.5. The first-order valence-corrected chi connectivity index (χ1v) is 6.84. The highest BCUT2D eigenvalue weighted by Gasteiger charge is 2.31. The van der Waals surface area contributed by atoms with Gasteiger partial charge in [0.1, 0.15) is 5.58 Å². The minimum atomic E-state index is -0.00946. The number of furan rings is 1. The molecule has 0 aliphatic carbocycles. The fraction of sp³-hybridized carbons (Fsp3) is 0.400. The molecule has 1 fully saturated rings. The van der Waals surface area contributed by atoms with Crippen molar-refractivity contribution in [1.29, 1.82) is 0 Å². The number of benzene rings is 1. The fourth-order valence-corrected chi connectivity index (χ4v) is 2.77. The monoisotopic (exact) mass is 278 g/mol. The maximum atomic E-state index is 12.5. The van der Waals surface area contributed by atoms with Crippen LogP contribution >= 0.6 is 11.6 Å². The van der Waals surface area contributed by atoms with Gasteiger partial charge in [0, 0.05) is 29.5 Å². The molecule has 2 unspecified atom stereocenters. The van der Waals surface area contributed by atoms with Gasteiger partial charge in [0.05, 0.1) is 0 Å². The minimum Gasteiger partial charge on any atom is -0.453 e. The van der Waals surface area contributed by atoms with Crippen molar-refractivity contribution in [2.24, 2.45) is 11.8 Å². The van der Waals surface area contributed by atoms with E-state index in [1.807, 2.05) is 13.0 Å². The second kappa shape index (κ2) is 4.99. The maximum Gasteiger partial charge on any atom is 0.201 e. The number of Topliss-reactive ketones (excluding diaryl/α,β-unsaturated/α-hetero) is 1. The van der Waals surface area contributed by atoms with Crippen molar-refractivity contribution in [2.45, 2.75) is 13.3 Å². The van der Waals surface area contributed by atoms with E-state index in [-0.39, 0.29) is 17.6 Å². The number of hydrogen-bond donors (Lipinski definition) is 0. The summed E-state index contributed by atoms with van der Waals surface area (Å²) >= 11 is 5.94. The molecule has 3 nitrogen and oxygen atoms in total. The van der Waals surface area contributed by atoms with Crippen molar-refractivity contribution in [3.8, 4) is 0 Å². The molecule has 2 atom stereocenters.